The molecule has 0 atom stereocenters. The Morgan fingerprint density at radius 3 is 2.58 bits per heavy atom. The van der Waals surface area contributed by atoms with Crippen molar-refractivity contribution < 1.29 is 4.79 Å². The molecular weight excluding hydrogens is 414 g/mol. The van der Waals surface area contributed by atoms with Gasteiger partial charge in [-0.3, -0.25) is 20.6 Å². The summed E-state index contributed by atoms with van der Waals surface area (Å²) in [5, 5.41) is 22.3. The first-order valence-electron chi connectivity index (χ1n) is 11.1. The Morgan fingerprint density at radius 1 is 1.03 bits per heavy atom. The van der Waals surface area contributed by atoms with E-state index >= 15 is 0 Å². The van der Waals surface area contributed by atoms with Gasteiger partial charge >= 0.3 is 0 Å². The van der Waals surface area contributed by atoms with Gasteiger partial charge in [0.05, 0.1) is 6.34 Å². The maximum absolute atomic E-state index is 12.9. The number of hydrogen-bond donors (Lipinski definition) is 4. The minimum Gasteiger partial charge on any atom is -0.367 e. The molecule has 0 spiro atoms. The Hall–Kier alpha value is -4.07. The van der Waals surface area contributed by atoms with E-state index in [1.807, 2.05) is 24.3 Å². The van der Waals surface area contributed by atoms with Gasteiger partial charge in [0.15, 0.2) is 0 Å². The molecule has 0 saturated heterocycles. The van der Waals surface area contributed by atoms with Gasteiger partial charge in [-0.1, -0.05) is 12.1 Å². The Balaban J connectivity index is 1.29. The van der Waals surface area contributed by atoms with Crippen LogP contribution in [0.25, 0.3) is 11.1 Å². The predicted octanol–water partition coefficient (Wildman–Crippen LogP) is 4.37. The molecule has 5 rings (SSSR count). The second kappa shape index (κ2) is 8.82. The maximum atomic E-state index is 12.9. The molecule has 0 radical (unpaired) electrons. The highest BCUT2D eigenvalue weighted by molar-refractivity contribution is 6.06. The summed E-state index contributed by atoms with van der Waals surface area (Å²) in [5.74, 6) is 0.796. The second-order valence-corrected chi connectivity index (χ2v) is 8.43. The summed E-state index contributed by atoms with van der Waals surface area (Å²) in [6, 6.07) is 15.4. The lowest BCUT2D eigenvalue weighted by atomic mass is 10.1. The smallest absolute Gasteiger partial charge is 0.274 e. The summed E-state index contributed by atoms with van der Waals surface area (Å²) in [5.41, 5.74) is 3.30. The number of carbonyl (C=O) groups excluding carboxylic acids is 1. The van der Waals surface area contributed by atoms with Crippen LogP contribution in [0.4, 0.5) is 11.5 Å². The van der Waals surface area contributed by atoms with E-state index in [1.54, 1.807) is 41.6 Å². The Kier molecular flexibility index (Phi) is 5.56. The number of nitrogens with one attached hydrogen (secondary N) is 4. The van der Waals surface area contributed by atoms with Crippen LogP contribution in [0.5, 0.6) is 0 Å². The molecule has 3 aromatic rings. The number of nitrogens with zero attached hydrogens (tertiary/aromatic N) is 3. The van der Waals surface area contributed by atoms with E-state index < -0.39 is 0 Å². The number of rotatable bonds is 8. The zero-order valence-corrected chi connectivity index (χ0v) is 18.1. The van der Waals surface area contributed by atoms with Gasteiger partial charge in [0, 0.05) is 41.3 Å². The number of amidine groups is 1. The molecule has 1 amide bonds. The minimum atomic E-state index is -0.327. The van der Waals surface area contributed by atoms with E-state index in [0.29, 0.717) is 23.0 Å². The van der Waals surface area contributed by atoms with E-state index in [1.165, 1.54) is 19.2 Å². The zero-order chi connectivity index (χ0) is 22.8. The highest BCUT2D eigenvalue weighted by atomic mass is 16.1. The Labute approximate surface area is 192 Å². The van der Waals surface area contributed by atoms with Crippen LogP contribution in [-0.4, -0.2) is 45.0 Å². The zero-order valence-electron chi connectivity index (χ0n) is 18.1. The van der Waals surface area contributed by atoms with Gasteiger partial charge in [-0.25, -0.2) is 4.98 Å². The third kappa shape index (κ3) is 4.90. The molecule has 8 nitrogen and oxygen atoms in total. The standard InChI is InChI=1S/C25H25N7O/c26-15-32(21-7-8-21)24(27)17-2-1-3-20(12-17)31-25(33)22-13-16(10-11-28-22)18-4-9-23(29-14-18)30-19-5-6-19/h1-4,9-15,19,21,26-27H,5-8H2,(H,29,30)(H,31,33). The van der Waals surface area contributed by atoms with Crippen LogP contribution in [0, 0.1) is 10.8 Å². The molecule has 2 aliphatic rings. The van der Waals surface area contributed by atoms with E-state index in [-0.39, 0.29) is 17.8 Å². The highest BCUT2D eigenvalue weighted by Gasteiger charge is 2.30. The SMILES string of the molecule is N=CN(C(=N)c1cccc(NC(=O)c2cc(-c3ccc(NC4CC4)nc3)ccn2)c1)C1CC1. The van der Waals surface area contributed by atoms with Gasteiger partial charge in [0.2, 0.25) is 0 Å². The van der Waals surface area contributed by atoms with Crippen LogP contribution in [0.15, 0.2) is 60.9 Å². The van der Waals surface area contributed by atoms with Crippen molar-refractivity contribution in [3.63, 3.8) is 0 Å². The van der Waals surface area contributed by atoms with Crippen molar-refractivity contribution >= 4 is 29.6 Å². The predicted molar refractivity (Wildman–Crippen MR) is 129 cm³/mol. The molecule has 0 unspecified atom stereocenters. The molecule has 2 aromatic heterocycles. The third-order valence-corrected chi connectivity index (χ3v) is 5.75. The molecule has 2 heterocycles. The molecule has 166 valence electrons. The van der Waals surface area contributed by atoms with Crippen LogP contribution in [-0.2, 0) is 0 Å². The molecule has 0 bridgehead atoms. The fourth-order valence-corrected chi connectivity index (χ4v) is 3.61. The Bertz CT molecular complexity index is 1200. The summed E-state index contributed by atoms with van der Waals surface area (Å²) in [7, 11) is 0. The summed E-state index contributed by atoms with van der Waals surface area (Å²) in [4.78, 5) is 23.2. The van der Waals surface area contributed by atoms with Crippen molar-refractivity contribution in [3.05, 3.63) is 72.2 Å². The molecule has 4 N–H and O–H groups in total. The van der Waals surface area contributed by atoms with Crippen molar-refractivity contribution in [1.29, 1.82) is 10.8 Å². The van der Waals surface area contributed by atoms with E-state index in [0.717, 1.165) is 29.8 Å². The van der Waals surface area contributed by atoms with Gasteiger partial charge in [0.25, 0.3) is 5.91 Å². The second-order valence-electron chi connectivity index (χ2n) is 8.43. The largest absolute Gasteiger partial charge is 0.367 e. The van der Waals surface area contributed by atoms with Gasteiger partial charge in [-0.15, -0.1) is 0 Å². The number of benzene rings is 1. The summed E-state index contributed by atoms with van der Waals surface area (Å²) >= 11 is 0. The normalized spacial score (nSPS) is 14.9. The van der Waals surface area contributed by atoms with Crippen LogP contribution < -0.4 is 10.6 Å². The number of aromatic nitrogens is 2. The summed E-state index contributed by atoms with van der Waals surface area (Å²) in [6.45, 7) is 0. The fourth-order valence-electron chi connectivity index (χ4n) is 3.61. The lowest BCUT2D eigenvalue weighted by Gasteiger charge is -2.19. The quantitative estimate of drug-likeness (QED) is 0.307. The molecule has 1 aromatic carbocycles. The first-order valence-corrected chi connectivity index (χ1v) is 11.1. The third-order valence-electron chi connectivity index (χ3n) is 5.75. The van der Waals surface area contributed by atoms with Gasteiger partial charge in [-0.05, 0) is 67.6 Å². The minimum absolute atomic E-state index is 0.230. The summed E-state index contributed by atoms with van der Waals surface area (Å²) < 4.78 is 0. The van der Waals surface area contributed by atoms with E-state index in [9.17, 15) is 4.79 Å². The lowest BCUT2D eigenvalue weighted by molar-refractivity contribution is 0.102. The number of carbonyl (C=O) groups is 1. The number of anilines is 2. The fraction of sp³-hybridized carbons (Fsp3) is 0.240. The average molecular weight is 440 g/mol. The van der Waals surface area contributed by atoms with Crippen molar-refractivity contribution in [1.82, 2.24) is 14.9 Å². The van der Waals surface area contributed by atoms with Gasteiger partial charge < -0.3 is 15.5 Å². The van der Waals surface area contributed by atoms with Crippen molar-refractivity contribution in [2.45, 2.75) is 37.8 Å². The Morgan fingerprint density at radius 2 is 1.88 bits per heavy atom. The average Bonchev–Trinajstić information content (AvgIpc) is 3.77. The number of pyridine rings is 2. The van der Waals surface area contributed by atoms with Crippen molar-refractivity contribution in [3.8, 4) is 11.1 Å². The van der Waals surface area contributed by atoms with Gasteiger partial charge in [0.1, 0.15) is 17.3 Å². The van der Waals surface area contributed by atoms with Crippen LogP contribution in [0.1, 0.15) is 41.7 Å². The monoisotopic (exact) mass is 439 g/mol. The maximum Gasteiger partial charge on any atom is 0.274 e. The topological polar surface area (TPSA) is 118 Å². The van der Waals surface area contributed by atoms with Crippen LogP contribution >= 0.6 is 0 Å². The van der Waals surface area contributed by atoms with Crippen LogP contribution in [0.3, 0.4) is 0 Å². The first-order chi connectivity index (χ1) is 16.1. The van der Waals surface area contributed by atoms with Gasteiger partial charge in [-0.2, -0.15) is 0 Å². The molecule has 0 aliphatic heterocycles. The molecule has 2 aliphatic carbocycles. The molecule has 2 saturated carbocycles. The highest BCUT2D eigenvalue weighted by Crippen LogP contribution is 2.28. The lowest BCUT2D eigenvalue weighted by Crippen LogP contribution is -2.31. The molecule has 33 heavy (non-hydrogen) atoms. The van der Waals surface area contributed by atoms with E-state index in [4.69, 9.17) is 10.8 Å². The van der Waals surface area contributed by atoms with Crippen molar-refractivity contribution in [2.24, 2.45) is 0 Å². The van der Waals surface area contributed by atoms with Crippen LogP contribution in [0.2, 0.25) is 0 Å². The summed E-state index contributed by atoms with van der Waals surface area (Å²) in [6.07, 6.45) is 8.98. The molecular formula is C25H25N7O. The molecule has 8 heteroatoms. The van der Waals surface area contributed by atoms with Crippen molar-refractivity contribution in [2.75, 3.05) is 10.6 Å². The van der Waals surface area contributed by atoms with E-state index in [2.05, 4.69) is 20.6 Å². The number of hydrogen-bond acceptors (Lipinski definition) is 6. The first kappa shape index (κ1) is 20.8. The molecule has 2 fully saturated rings. The number of amides is 1.